The molecule has 0 radical (unpaired) electrons. The first-order valence-electron chi connectivity index (χ1n) is 7.96. The first-order valence-corrected chi connectivity index (χ1v) is 9.11. The van der Waals surface area contributed by atoms with E-state index < -0.39 is 6.04 Å². The van der Waals surface area contributed by atoms with Crippen molar-refractivity contribution in [2.75, 3.05) is 24.6 Å². The average molecular weight is 349 g/mol. The van der Waals surface area contributed by atoms with Gasteiger partial charge in [-0.2, -0.15) is 11.8 Å². The standard InChI is InChI=1S/C17H20FN3O2S/c1-11(17(23)21-4-6-24-7-5-21)20-16(22)8-12-10-19-15-3-2-13(18)9-14(12)15/h2-3,9-11,19H,4-8H2,1H3,(H,20,22). The number of hydrogen-bond acceptors (Lipinski definition) is 3. The minimum atomic E-state index is -0.553. The van der Waals surface area contributed by atoms with Gasteiger partial charge in [0.2, 0.25) is 11.8 Å². The summed E-state index contributed by atoms with van der Waals surface area (Å²) in [5.74, 6) is 1.25. The van der Waals surface area contributed by atoms with E-state index in [-0.39, 0.29) is 24.1 Å². The van der Waals surface area contributed by atoms with Crippen LogP contribution in [0.2, 0.25) is 0 Å². The fourth-order valence-corrected chi connectivity index (χ4v) is 3.78. The molecule has 128 valence electrons. The Morgan fingerprint density at radius 1 is 1.38 bits per heavy atom. The van der Waals surface area contributed by atoms with Gasteiger partial charge in [0.05, 0.1) is 6.42 Å². The summed E-state index contributed by atoms with van der Waals surface area (Å²) in [6.45, 7) is 3.16. The van der Waals surface area contributed by atoms with Crippen LogP contribution in [0.5, 0.6) is 0 Å². The van der Waals surface area contributed by atoms with E-state index in [0.717, 1.165) is 35.7 Å². The molecule has 5 nitrogen and oxygen atoms in total. The summed E-state index contributed by atoms with van der Waals surface area (Å²) in [6, 6.07) is 3.88. The van der Waals surface area contributed by atoms with Gasteiger partial charge in [-0.25, -0.2) is 4.39 Å². The quantitative estimate of drug-likeness (QED) is 0.886. The first-order chi connectivity index (χ1) is 11.5. The van der Waals surface area contributed by atoms with Crippen molar-refractivity contribution in [1.29, 1.82) is 0 Å². The fourth-order valence-electron chi connectivity index (χ4n) is 2.88. The molecule has 1 atom stereocenters. The Labute approximate surface area is 144 Å². The monoisotopic (exact) mass is 349 g/mol. The Kier molecular flexibility index (Phi) is 5.08. The molecule has 1 unspecified atom stereocenters. The van der Waals surface area contributed by atoms with E-state index in [0.29, 0.717) is 5.39 Å². The van der Waals surface area contributed by atoms with Gasteiger partial charge in [0, 0.05) is 41.7 Å². The number of aromatic amines is 1. The molecule has 7 heteroatoms. The Morgan fingerprint density at radius 2 is 2.12 bits per heavy atom. The highest BCUT2D eigenvalue weighted by atomic mass is 32.2. The van der Waals surface area contributed by atoms with Crippen LogP contribution in [0.25, 0.3) is 10.9 Å². The second kappa shape index (κ2) is 7.25. The third-order valence-electron chi connectivity index (χ3n) is 4.15. The molecule has 0 saturated carbocycles. The highest BCUT2D eigenvalue weighted by molar-refractivity contribution is 7.99. The van der Waals surface area contributed by atoms with Gasteiger partial charge in [-0.05, 0) is 30.7 Å². The molecule has 1 saturated heterocycles. The van der Waals surface area contributed by atoms with Gasteiger partial charge in [0.1, 0.15) is 11.9 Å². The van der Waals surface area contributed by atoms with E-state index in [9.17, 15) is 14.0 Å². The van der Waals surface area contributed by atoms with E-state index in [4.69, 9.17) is 0 Å². The van der Waals surface area contributed by atoms with E-state index in [2.05, 4.69) is 10.3 Å². The lowest BCUT2D eigenvalue weighted by Crippen LogP contribution is -2.49. The van der Waals surface area contributed by atoms with Gasteiger partial charge < -0.3 is 15.2 Å². The van der Waals surface area contributed by atoms with Crippen molar-refractivity contribution >= 4 is 34.5 Å². The molecule has 3 rings (SSSR count). The van der Waals surface area contributed by atoms with Crippen LogP contribution < -0.4 is 5.32 Å². The third-order valence-corrected chi connectivity index (χ3v) is 5.09. The van der Waals surface area contributed by atoms with Gasteiger partial charge in [-0.1, -0.05) is 0 Å². The molecule has 2 heterocycles. The van der Waals surface area contributed by atoms with E-state index in [1.54, 1.807) is 24.1 Å². The third kappa shape index (κ3) is 3.72. The second-order valence-electron chi connectivity index (χ2n) is 5.91. The number of thioether (sulfide) groups is 1. The highest BCUT2D eigenvalue weighted by Crippen LogP contribution is 2.20. The van der Waals surface area contributed by atoms with Crippen LogP contribution in [0.3, 0.4) is 0 Å². The molecule has 1 aliphatic rings. The first kappa shape index (κ1) is 16.8. The number of fused-ring (bicyclic) bond motifs is 1. The molecule has 0 spiro atoms. The molecular weight excluding hydrogens is 329 g/mol. The number of carbonyl (C=O) groups excluding carboxylic acids is 2. The van der Waals surface area contributed by atoms with Crippen LogP contribution >= 0.6 is 11.8 Å². The largest absolute Gasteiger partial charge is 0.361 e. The van der Waals surface area contributed by atoms with Gasteiger partial charge in [-0.3, -0.25) is 9.59 Å². The molecular formula is C17H20FN3O2S. The number of nitrogens with one attached hydrogen (secondary N) is 2. The zero-order valence-electron chi connectivity index (χ0n) is 13.5. The van der Waals surface area contributed by atoms with Crippen LogP contribution in [-0.2, 0) is 16.0 Å². The van der Waals surface area contributed by atoms with Gasteiger partial charge in [-0.15, -0.1) is 0 Å². The van der Waals surface area contributed by atoms with Crippen molar-refractivity contribution in [1.82, 2.24) is 15.2 Å². The maximum absolute atomic E-state index is 13.4. The van der Waals surface area contributed by atoms with Gasteiger partial charge >= 0.3 is 0 Å². The molecule has 0 bridgehead atoms. The average Bonchev–Trinajstić information content (AvgIpc) is 2.97. The van der Waals surface area contributed by atoms with Crippen molar-refractivity contribution in [3.63, 3.8) is 0 Å². The minimum Gasteiger partial charge on any atom is -0.361 e. The number of aromatic nitrogens is 1. The number of halogens is 1. The Balaban J connectivity index is 1.62. The summed E-state index contributed by atoms with van der Waals surface area (Å²) in [6.07, 6.45) is 1.81. The minimum absolute atomic E-state index is 0.0476. The number of H-pyrrole nitrogens is 1. The van der Waals surface area contributed by atoms with Gasteiger partial charge in [0.15, 0.2) is 0 Å². The number of nitrogens with zero attached hydrogens (tertiary/aromatic N) is 1. The predicted octanol–water partition coefficient (Wildman–Crippen LogP) is 1.93. The zero-order valence-corrected chi connectivity index (χ0v) is 14.3. The highest BCUT2D eigenvalue weighted by Gasteiger charge is 2.23. The lowest BCUT2D eigenvalue weighted by atomic mass is 10.1. The summed E-state index contributed by atoms with van der Waals surface area (Å²) in [5, 5.41) is 3.44. The maximum atomic E-state index is 13.4. The fraction of sp³-hybridized carbons (Fsp3) is 0.412. The van der Waals surface area contributed by atoms with Gasteiger partial charge in [0.25, 0.3) is 0 Å². The van der Waals surface area contributed by atoms with Crippen molar-refractivity contribution in [3.8, 4) is 0 Å². The summed E-state index contributed by atoms with van der Waals surface area (Å²) in [4.78, 5) is 29.4. The Bertz CT molecular complexity index is 755. The number of benzene rings is 1. The molecule has 24 heavy (non-hydrogen) atoms. The lowest BCUT2D eigenvalue weighted by molar-refractivity contribution is -0.135. The van der Waals surface area contributed by atoms with Crippen molar-refractivity contribution in [3.05, 3.63) is 35.8 Å². The molecule has 1 aromatic heterocycles. The van der Waals surface area contributed by atoms with Crippen molar-refractivity contribution < 1.29 is 14.0 Å². The molecule has 1 aliphatic heterocycles. The lowest BCUT2D eigenvalue weighted by Gasteiger charge is -2.29. The van der Waals surface area contributed by atoms with Crippen LogP contribution in [0.1, 0.15) is 12.5 Å². The number of carbonyl (C=O) groups is 2. The van der Waals surface area contributed by atoms with Crippen molar-refractivity contribution in [2.45, 2.75) is 19.4 Å². The number of rotatable bonds is 4. The summed E-state index contributed by atoms with van der Waals surface area (Å²) < 4.78 is 13.4. The topological polar surface area (TPSA) is 65.2 Å². The Morgan fingerprint density at radius 3 is 2.88 bits per heavy atom. The van der Waals surface area contributed by atoms with Crippen LogP contribution in [0.4, 0.5) is 4.39 Å². The Hall–Kier alpha value is -2.02. The van der Waals surface area contributed by atoms with E-state index >= 15 is 0 Å². The van der Waals surface area contributed by atoms with E-state index in [1.165, 1.54) is 12.1 Å². The normalized spacial score (nSPS) is 16.2. The molecule has 1 fully saturated rings. The smallest absolute Gasteiger partial charge is 0.244 e. The summed E-state index contributed by atoms with van der Waals surface area (Å²) >= 11 is 1.83. The number of hydrogen-bond donors (Lipinski definition) is 2. The van der Waals surface area contributed by atoms with Crippen LogP contribution in [0, 0.1) is 5.82 Å². The maximum Gasteiger partial charge on any atom is 0.244 e. The molecule has 2 aromatic rings. The number of amides is 2. The molecule has 2 N–H and O–H groups in total. The molecule has 0 aliphatic carbocycles. The van der Waals surface area contributed by atoms with Crippen molar-refractivity contribution in [2.24, 2.45) is 0 Å². The van der Waals surface area contributed by atoms with Crippen LogP contribution in [-0.4, -0.2) is 52.3 Å². The second-order valence-corrected chi connectivity index (χ2v) is 7.13. The SMILES string of the molecule is CC(NC(=O)Cc1c[nH]c2ccc(F)cc12)C(=O)N1CCSCC1. The predicted molar refractivity (Wildman–Crippen MR) is 93.5 cm³/mol. The zero-order chi connectivity index (χ0) is 17.1. The summed E-state index contributed by atoms with van der Waals surface area (Å²) in [5.41, 5.74) is 1.50. The van der Waals surface area contributed by atoms with E-state index in [1.807, 2.05) is 11.8 Å². The van der Waals surface area contributed by atoms with Crippen LogP contribution in [0.15, 0.2) is 24.4 Å². The molecule has 2 amide bonds. The summed E-state index contributed by atoms with van der Waals surface area (Å²) in [7, 11) is 0. The molecule has 1 aromatic carbocycles.